The highest BCUT2D eigenvalue weighted by Gasteiger charge is 2.26. The van der Waals surface area contributed by atoms with Crippen molar-refractivity contribution in [1.82, 2.24) is 9.88 Å². The van der Waals surface area contributed by atoms with Crippen LogP contribution in [0.4, 0.5) is 8.78 Å². The van der Waals surface area contributed by atoms with Gasteiger partial charge in [-0.1, -0.05) is 6.07 Å². The summed E-state index contributed by atoms with van der Waals surface area (Å²) in [4.78, 5) is 17.4. The van der Waals surface area contributed by atoms with Crippen molar-refractivity contribution in [2.45, 2.75) is 18.8 Å². The van der Waals surface area contributed by atoms with Gasteiger partial charge in [0, 0.05) is 35.8 Å². The predicted molar refractivity (Wildman–Crippen MR) is 92.5 cm³/mol. The molecular formula is C20H18F2N2O. The van der Waals surface area contributed by atoms with E-state index in [0.717, 1.165) is 23.7 Å². The summed E-state index contributed by atoms with van der Waals surface area (Å²) in [6.45, 7) is 1.27. The number of hydrogen-bond acceptors (Lipinski definition) is 1. The zero-order valence-electron chi connectivity index (χ0n) is 13.6. The van der Waals surface area contributed by atoms with Gasteiger partial charge in [0.05, 0.1) is 0 Å². The maximum absolute atomic E-state index is 13.3. The molecule has 0 spiro atoms. The first-order valence-electron chi connectivity index (χ1n) is 8.43. The topological polar surface area (TPSA) is 36.1 Å². The van der Waals surface area contributed by atoms with Crippen molar-refractivity contribution < 1.29 is 13.6 Å². The average molecular weight is 340 g/mol. The van der Waals surface area contributed by atoms with Crippen molar-refractivity contribution in [3.05, 3.63) is 71.4 Å². The van der Waals surface area contributed by atoms with Crippen molar-refractivity contribution in [3.8, 4) is 0 Å². The van der Waals surface area contributed by atoms with E-state index in [-0.39, 0.29) is 11.7 Å². The number of halogens is 2. The number of aromatic nitrogens is 1. The van der Waals surface area contributed by atoms with E-state index in [1.807, 2.05) is 6.20 Å². The fourth-order valence-electron chi connectivity index (χ4n) is 3.66. The largest absolute Gasteiger partial charge is 0.361 e. The van der Waals surface area contributed by atoms with Gasteiger partial charge in [0.2, 0.25) is 0 Å². The van der Waals surface area contributed by atoms with Crippen LogP contribution in [0.25, 0.3) is 10.9 Å². The number of nitrogens with one attached hydrogen (secondary N) is 1. The third-order valence-electron chi connectivity index (χ3n) is 4.97. The summed E-state index contributed by atoms with van der Waals surface area (Å²) in [6.07, 6.45) is 3.62. The van der Waals surface area contributed by atoms with Crippen LogP contribution in [-0.4, -0.2) is 28.9 Å². The quantitative estimate of drug-likeness (QED) is 0.734. The fourth-order valence-corrected chi connectivity index (χ4v) is 3.66. The maximum atomic E-state index is 13.3. The van der Waals surface area contributed by atoms with Crippen molar-refractivity contribution in [3.63, 3.8) is 0 Å². The van der Waals surface area contributed by atoms with Crippen LogP contribution in [0.2, 0.25) is 0 Å². The number of fused-ring (bicyclic) bond motifs is 1. The number of H-pyrrole nitrogens is 1. The van der Waals surface area contributed by atoms with E-state index < -0.39 is 5.82 Å². The number of likely N-dealkylation sites (tertiary alicyclic amines) is 1. The molecular weight excluding hydrogens is 322 g/mol. The zero-order chi connectivity index (χ0) is 17.4. The third-order valence-corrected chi connectivity index (χ3v) is 4.97. The Morgan fingerprint density at radius 1 is 1.04 bits per heavy atom. The number of hydrogen-bond donors (Lipinski definition) is 1. The molecule has 1 N–H and O–H groups in total. The summed E-state index contributed by atoms with van der Waals surface area (Å²) in [5, 5.41) is 1.04. The number of rotatable bonds is 2. The highest BCUT2D eigenvalue weighted by Crippen LogP contribution is 2.33. The number of amides is 1. The summed E-state index contributed by atoms with van der Waals surface area (Å²) >= 11 is 0. The van der Waals surface area contributed by atoms with Crippen LogP contribution >= 0.6 is 0 Å². The van der Waals surface area contributed by atoms with Gasteiger partial charge in [-0.2, -0.15) is 0 Å². The SMILES string of the molecule is O=C(c1cccc(F)c1)N1CCC(c2c[nH]c3cc(F)ccc23)CC1. The maximum Gasteiger partial charge on any atom is 0.253 e. The molecule has 4 rings (SSSR count). The molecule has 0 aliphatic carbocycles. The summed E-state index contributed by atoms with van der Waals surface area (Å²) in [7, 11) is 0. The van der Waals surface area contributed by atoms with Gasteiger partial charge in [-0.25, -0.2) is 8.78 Å². The van der Waals surface area contributed by atoms with E-state index in [0.29, 0.717) is 24.6 Å². The van der Waals surface area contributed by atoms with E-state index in [1.165, 1.54) is 29.8 Å². The third kappa shape index (κ3) is 3.02. The summed E-state index contributed by atoms with van der Waals surface area (Å²) < 4.78 is 26.6. The van der Waals surface area contributed by atoms with Gasteiger partial charge in [-0.05, 0) is 60.7 Å². The van der Waals surface area contributed by atoms with Gasteiger partial charge in [-0.3, -0.25) is 4.79 Å². The molecule has 0 saturated carbocycles. The lowest BCUT2D eigenvalue weighted by Crippen LogP contribution is -2.37. The zero-order valence-corrected chi connectivity index (χ0v) is 13.6. The Balaban J connectivity index is 1.48. The Morgan fingerprint density at radius 3 is 2.56 bits per heavy atom. The van der Waals surface area contributed by atoms with Gasteiger partial charge in [-0.15, -0.1) is 0 Å². The molecule has 2 aromatic carbocycles. The van der Waals surface area contributed by atoms with E-state index in [2.05, 4.69) is 4.98 Å². The Bertz CT molecular complexity index is 926. The van der Waals surface area contributed by atoms with E-state index in [9.17, 15) is 13.6 Å². The van der Waals surface area contributed by atoms with Crippen molar-refractivity contribution >= 4 is 16.8 Å². The minimum atomic E-state index is -0.397. The second-order valence-corrected chi connectivity index (χ2v) is 6.51. The second-order valence-electron chi connectivity index (χ2n) is 6.51. The van der Waals surface area contributed by atoms with Crippen LogP contribution in [0.3, 0.4) is 0 Å². The van der Waals surface area contributed by atoms with Crippen LogP contribution < -0.4 is 0 Å². The molecule has 3 nitrogen and oxygen atoms in total. The second kappa shape index (κ2) is 6.31. The van der Waals surface area contributed by atoms with Crippen LogP contribution in [0, 0.1) is 11.6 Å². The Morgan fingerprint density at radius 2 is 1.80 bits per heavy atom. The molecule has 1 saturated heterocycles. The highest BCUT2D eigenvalue weighted by atomic mass is 19.1. The molecule has 0 atom stereocenters. The lowest BCUT2D eigenvalue weighted by Gasteiger charge is -2.32. The normalized spacial score (nSPS) is 15.7. The number of benzene rings is 2. The number of carbonyl (C=O) groups excluding carboxylic acids is 1. The molecule has 128 valence electrons. The lowest BCUT2D eigenvalue weighted by atomic mass is 9.89. The van der Waals surface area contributed by atoms with Crippen LogP contribution in [0.15, 0.2) is 48.7 Å². The number of carbonyl (C=O) groups is 1. The molecule has 1 aromatic heterocycles. The molecule has 2 heterocycles. The van der Waals surface area contributed by atoms with E-state index in [4.69, 9.17) is 0 Å². The molecule has 25 heavy (non-hydrogen) atoms. The summed E-state index contributed by atoms with van der Waals surface area (Å²) in [6, 6.07) is 10.6. The number of nitrogens with zero attached hydrogens (tertiary/aromatic N) is 1. The number of piperidine rings is 1. The first-order chi connectivity index (χ1) is 12.1. The molecule has 0 radical (unpaired) electrons. The van der Waals surface area contributed by atoms with E-state index >= 15 is 0 Å². The summed E-state index contributed by atoms with van der Waals surface area (Å²) in [5.41, 5.74) is 2.36. The van der Waals surface area contributed by atoms with Gasteiger partial charge in [0.25, 0.3) is 5.91 Å². The van der Waals surface area contributed by atoms with Crippen molar-refractivity contribution in [2.75, 3.05) is 13.1 Å². The molecule has 3 aromatic rings. The van der Waals surface area contributed by atoms with Gasteiger partial charge >= 0.3 is 0 Å². The molecule has 0 unspecified atom stereocenters. The number of aromatic amines is 1. The molecule has 1 aliphatic rings. The molecule has 5 heteroatoms. The van der Waals surface area contributed by atoms with Gasteiger partial charge < -0.3 is 9.88 Å². The predicted octanol–water partition coefficient (Wildman–Crippen LogP) is 4.47. The van der Waals surface area contributed by atoms with Gasteiger partial charge in [0.1, 0.15) is 11.6 Å². The highest BCUT2D eigenvalue weighted by molar-refractivity contribution is 5.94. The first-order valence-corrected chi connectivity index (χ1v) is 8.43. The summed E-state index contributed by atoms with van der Waals surface area (Å²) in [5.74, 6) is -0.446. The Hall–Kier alpha value is -2.69. The molecule has 1 fully saturated rings. The van der Waals surface area contributed by atoms with Crippen molar-refractivity contribution in [1.29, 1.82) is 0 Å². The fraction of sp³-hybridized carbons (Fsp3) is 0.250. The standard InChI is InChI=1S/C20H18F2N2O/c21-15-3-1-2-14(10-15)20(25)24-8-6-13(7-9-24)18-12-23-19-11-16(22)4-5-17(18)19/h1-5,10-13,23H,6-9H2. The monoisotopic (exact) mass is 340 g/mol. The lowest BCUT2D eigenvalue weighted by molar-refractivity contribution is 0.0713. The molecule has 1 amide bonds. The molecule has 0 bridgehead atoms. The molecule has 1 aliphatic heterocycles. The first kappa shape index (κ1) is 15.8. The van der Waals surface area contributed by atoms with Crippen LogP contribution in [-0.2, 0) is 0 Å². The average Bonchev–Trinajstić information content (AvgIpc) is 3.04. The van der Waals surface area contributed by atoms with Crippen LogP contribution in [0.1, 0.15) is 34.7 Å². The minimum absolute atomic E-state index is 0.126. The Labute approximate surface area is 144 Å². The smallest absolute Gasteiger partial charge is 0.253 e. The van der Waals surface area contributed by atoms with Crippen LogP contribution in [0.5, 0.6) is 0 Å². The Kier molecular flexibility index (Phi) is 3.99. The van der Waals surface area contributed by atoms with Crippen molar-refractivity contribution in [2.24, 2.45) is 0 Å². The van der Waals surface area contributed by atoms with E-state index in [1.54, 1.807) is 23.1 Å². The minimum Gasteiger partial charge on any atom is -0.361 e. The van der Waals surface area contributed by atoms with Gasteiger partial charge in [0.15, 0.2) is 0 Å².